The second kappa shape index (κ2) is 7.73. The maximum Gasteiger partial charge on any atom is 0.0967 e. The molecule has 1 fully saturated rings. The summed E-state index contributed by atoms with van der Waals surface area (Å²) in [6.07, 6.45) is 2.13. The van der Waals surface area contributed by atoms with Crippen molar-refractivity contribution in [3.8, 4) is 6.07 Å². The Kier molecular flexibility index (Phi) is 6.62. The molecule has 2 unspecified atom stereocenters. The Morgan fingerprint density at radius 3 is 2.67 bits per heavy atom. The minimum absolute atomic E-state index is 0.00951. The lowest BCUT2D eigenvalue weighted by Crippen LogP contribution is -2.51. The molecule has 0 aromatic carbocycles. The van der Waals surface area contributed by atoms with E-state index in [1.165, 1.54) is 6.42 Å². The molecule has 1 heterocycles. The summed E-state index contributed by atoms with van der Waals surface area (Å²) in [6, 6.07) is 3.41. The van der Waals surface area contributed by atoms with Crippen molar-refractivity contribution in [1.82, 2.24) is 15.1 Å². The highest BCUT2D eigenvalue weighted by molar-refractivity contribution is 4.91. The predicted octanol–water partition coefficient (Wildman–Crippen LogP) is 1.29. The van der Waals surface area contributed by atoms with Crippen LogP contribution in [-0.4, -0.2) is 61.2 Å². The van der Waals surface area contributed by atoms with Gasteiger partial charge in [-0.05, 0) is 33.7 Å². The Balaban J connectivity index is 2.32. The molecule has 1 rings (SSSR count). The Hall–Kier alpha value is -0.630. The lowest BCUT2D eigenvalue weighted by molar-refractivity contribution is 0.0912. The van der Waals surface area contributed by atoms with Crippen LogP contribution in [0, 0.1) is 11.3 Å². The fourth-order valence-corrected chi connectivity index (χ4v) is 2.55. The molecule has 18 heavy (non-hydrogen) atoms. The number of hydrogen-bond acceptors (Lipinski definition) is 4. The zero-order chi connectivity index (χ0) is 13.5. The van der Waals surface area contributed by atoms with Gasteiger partial charge >= 0.3 is 0 Å². The Morgan fingerprint density at radius 1 is 1.39 bits per heavy atom. The number of likely N-dealkylation sites (N-methyl/N-ethyl adjacent to an activating group) is 1. The smallest absolute Gasteiger partial charge is 0.0967 e. The summed E-state index contributed by atoms with van der Waals surface area (Å²) in [7, 11) is 2.21. The molecule has 0 saturated carbocycles. The predicted molar refractivity (Wildman–Crippen MR) is 75.4 cm³/mol. The van der Waals surface area contributed by atoms with E-state index >= 15 is 0 Å². The summed E-state index contributed by atoms with van der Waals surface area (Å²) in [5.41, 5.74) is 0. The van der Waals surface area contributed by atoms with Gasteiger partial charge < -0.3 is 9.80 Å². The van der Waals surface area contributed by atoms with Crippen LogP contribution in [0.5, 0.6) is 0 Å². The van der Waals surface area contributed by atoms with Crippen LogP contribution in [0.3, 0.4) is 0 Å². The number of rotatable bonds is 6. The fourth-order valence-electron chi connectivity index (χ4n) is 2.55. The molecule has 0 aliphatic carbocycles. The fraction of sp³-hybridized carbons (Fsp3) is 0.929. The first-order valence-corrected chi connectivity index (χ1v) is 7.15. The van der Waals surface area contributed by atoms with Crippen LogP contribution in [0.4, 0.5) is 0 Å². The van der Waals surface area contributed by atoms with E-state index in [1.807, 2.05) is 0 Å². The van der Waals surface area contributed by atoms with Crippen LogP contribution in [0.2, 0.25) is 0 Å². The van der Waals surface area contributed by atoms with Gasteiger partial charge in [0.15, 0.2) is 0 Å². The first kappa shape index (κ1) is 15.4. The van der Waals surface area contributed by atoms with Gasteiger partial charge in [0.2, 0.25) is 0 Å². The standard InChI is InChI=1S/C14H28N4/c1-5-14-11-18(9-8-17(14)4)7-6-13(10-15)16-12(2)3/h12-14,16H,5-9,11H2,1-4H3. The van der Waals surface area contributed by atoms with Crippen LogP contribution in [0.1, 0.15) is 33.6 Å². The zero-order valence-electron chi connectivity index (χ0n) is 12.3. The Morgan fingerprint density at radius 2 is 2.11 bits per heavy atom. The highest BCUT2D eigenvalue weighted by Gasteiger charge is 2.23. The van der Waals surface area contributed by atoms with Crippen LogP contribution < -0.4 is 5.32 Å². The van der Waals surface area contributed by atoms with Gasteiger partial charge in [-0.1, -0.05) is 6.92 Å². The maximum absolute atomic E-state index is 9.11. The average molecular weight is 252 g/mol. The number of nitriles is 1. The molecule has 4 heteroatoms. The van der Waals surface area contributed by atoms with Gasteiger partial charge in [-0.3, -0.25) is 5.32 Å². The summed E-state index contributed by atoms with van der Waals surface area (Å²) in [6.45, 7) is 10.9. The molecule has 4 nitrogen and oxygen atoms in total. The van der Waals surface area contributed by atoms with Crippen LogP contribution in [0.25, 0.3) is 0 Å². The van der Waals surface area contributed by atoms with E-state index in [9.17, 15) is 0 Å². The van der Waals surface area contributed by atoms with Gasteiger partial charge in [0.1, 0.15) is 0 Å². The normalized spacial score (nSPS) is 24.1. The Bertz CT molecular complexity index is 271. The van der Waals surface area contributed by atoms with Crippen LogP contribution in [0.15, 0.2) is 0 Å². The van der Waals surface area contributed by atoms with Gasteiger partial charge in [0.25, 0.3) is 0 Å². The molecular weight excluding hydrogens is 224 g/mol. The van der Waals surface area contributed by atoms with E-state index in [1.54, 1.807) is 0 Å². The van der Waals surface area contributed by atoms with E-state index in [2.05, 4.69) is 49.0 Å². The first-order chi connectivity index (χ1) is 8.56. The number of nitrogens with one attached hydrogen (secondary N) is 1. The average Bonchev–Trinajstić information content (AvgIpc) is 2.35. The van der Waals surface area contributed by atoms with E-state index in [0.717, 1.165) is 32.6 Å². The van der Waals surface area contributed by atoms with Gasteiger partial charge in [0.05, 0.1) is 12.1 Å². The molecule has 1 aliphatic rings. The number of piperazine rings is 1. The van der Waals surface area contributed by atoms with E-state index in [0.29, 0.717) is 12.1 Å². The van der Waals surface area contributed by atoms with Crippen molar-refractivity contribution in [2.24, 2.45) is 0 Å². The molecule has 0 amide bonds. The summed E-state index contributed by atoms with van der Waals surface area (Å²) in [4.78, 5) is 4.95. The molecule has 1 N–H and O–H groups in total. The van der Waals surface area contributed by atoms with Crippen molar-refractivity contribution >= 4 is 0 Å². The van der Waals surface area contributed by atoms with Crippen molar-refractivity contribution in [1.29, 1.82) is 5.26 Å². The second-order valence-electron chi connectivity index (χ2n) is 5.64. The van der Waals surface area contributed by atoms with Gasteiger partial charge in [-0.15, -0.1) is 0 Å². The van der Waals surface area contributed by atoms with E-state index in [4.69, 9.17) is 5.26 Å². The third kappa shape index (κ3) is 4.93. The first-order valence-electron chi connectivity index (χ1n) is 7.15. The molecule has 1 saturated heterocycles. The minimum Gasteiger partial charge on any atom is -0.301 e. The lowest BCUT2D eigenvalue weighted by Gasteiger charge is -2.39. The molecule has 104 valence electrons. The summed E-state index contributed by atoms with van der Waals surface area (Å²) >= 11 is 0. The molecule has 0 spiro atoms. The van der Waals surface area contributed by atoms with Crippen LogP contribution >= 0.6 is 0 Å². The monoisotopic (exact) mass is 252 g/mol. The summed E-state index contributed by atoms with van der Waals surface area (Å²) in [5, 5.41) is 12.4. The lowest BCUT2D eigenvalue weighted by atomic mass is 10.1. The van der Waals surface area contributed by atoms with Crippen LogP contribution in [-0.2, 0) is 0 Å². The Labute approximate surface area is 112 Å². The quantitative estimate of drug-likeness (QED) is 0.773. The van der Waals surface area contributed by atoms with Gasteiger partial charge in [-0.2, -0.15) is 5.26 Å². The third-order valence-electron chi connectivity index (χ3n) is 3.76. The number of nitrogens with zero attached hydrogens (tertiary/aromatic N) is 3. The molecule has 0 aromatic heterocycles. The van der Waals surface area contributed by atoms with Crippen molar-refractivity contribution < 1.29 is 0 Å². The van der Waals surface area contributed by atoms with E-state index < -0.39 is 0 Å². The largest absolute Gasteiger partial charge is 0.301 e. The SMILES string of the molecule is CCC1CN(CCC(C#N)NC(C)C)CCN1C. The molecular formula is C14H28N4. The topological polar surface area (TPSA) is 42.3 Å². The van der Waals surface area contributed by atoms with Crippen molar-refractivity contribution in [3.05, 3.63) is 0 Å². The molecule has 1 aliphatic heterocycles. The van der Waals surface area contributed by atoms with Crippen molar-refractivity contribution in [2.45, 2.75) is 51.7 Å². The minimum atomic E-state index is -0.00951. The second-order valence-corrected chi connectivity index (χ2v) is 5.64. The molecule has 0 bridgehead atoms. The highest BCUT2D eigenvalue weighted by atomic mass is 15.3. The summed E-state index contributed by atoms with van der Waals surface area (Å²) < 4.78 is 0. The van der Waals surface area contributed by atoms with Crippen molar-refractivity contribution in [2.75, 3.05) is 33.2 Å². The third-order valence-corrected chi connectivity index (χ3v) is 3.76. The maximum atomic E-state index is 9.11. The molecule has 0 radical (unpaired) electrons. The zero-order valence-corrected chi connectivity index (χ0v) is 12.3. The highest BCUT2D eigenvalue weighted by Crippen LogP contribution is 2.11. The number of hydrogen-bond donors (Lipinski definition) is 1. The van der Waals surface area contributed by atoms with Crippen molar-refractivity contribution in [3.63, 3.8) is 0 Å². The van der Waals surface area contributed by atoms with Gasteiger partial charge in [-0.25, -0.2) is 0 Å². The molecule has 2 atom stereocenters. The summed E-state index contributed by atoms with van der Waals surface area (Å²) in [5.74, 6) is 0. The van der Waals surface area contributed by atoms with E-state index in [-0.39, 0.29) is 6.04 Å². The van der Waals surface area contributed by atoms with Gasteiger partial charge in [0, 0.05) is 38.3 Å². The molecule has 0 aromatic rings.